The van der Waals surface area contributed by atoms with E-state index in [-0.39, 0.29) is 23.1 Å². The van der Waals surface area contributed by atoms with Gasteiger partial charge in [0.1, 0.15) is 0 Å². The molecule has 0 aliphatic heterocycles. The Kier molecular flexibility index (Phi) is 3.69. The van der Waals surface area contributed by atoms with Crippen LogP contribution >= 0.6 is 0 Å². The Labute approximate surface area is 113 Å². The van der Waals surface area contributed by atoms with E-state index in [0.29, 0.717) is 6.42 Å². The molecule has 7 nitrogen and oxygen atoms in total. The number of nitro benzene ring substituents is 1. The molecule has 20 heavy (non-hydrogen) atoms. The van der Waals surface area contributed by atoms with E-state index in [1.165, 1.54) is 24.3 Å². The van der Waals surface area contributed by atoms with E-state index in [9.17, 15) is 14.9 Å². The van der Waals surface area contributed by atoms with Crippen molar-refractivity contribution >= 4 is 11.7 Å². The van der Waals surface area contributed by atoms with Crippen molar-refractivity contribution in [1.82, 2.24) is 0 Å². The summed E-state index contributed by atoms with van der Waals surface area (Å²) in [6, 6.07) is 7.07. The number of nitro groups is 1. The van der Waals surface area contributed by atoms with Crippen molar-refractivity contribution in [3.63, 3.8) is 0 Å². The number of aryl methyl sites for hydroxylation is 1. The molecule has 1 aromatic heterocycles. The van der Waals surface area contributed by atoms with Gasteiger partial charge in [0.15, 0.2) is 0 Å². The third kappa shape index (κ3) is 2.77. The van der Waals surface area contributed by atoms with Crippen LogP contribution in [0.1, 0.15) is 23.0 Å². The van der Waals surface area contributed by atoms with Gasteiger partial charge in [-0.15, -0.1) is 0 Å². The van der Waals surface area contributed by atoms with E-state index < -0.39 is 10.9 Å². The number of ether oxygens (including phenoxy) is 1. The van der Waals surface area contributed by atoms with Gasteiger partial charge in [-0.25, -0.2) is 4.79 Å². The highest BCUT2D eigenvalue weighted by Crippen LogP contribution is 2.33. The average molecular weight is 277 g/mol. The number of benzene rings is 1. The first-order chi connectivity index (χ1) is 9.51. The second kappa shape index (κ2) is 5.43. The fraction of sp³-hybridized carbons (Fsp3) is 0.154. The summed E-state index contributed by atoms with van der Waals surface area (Å²) in [4.78, 5) is 21.1. The molecular weight excluding hydrogens is 266 g/mol. The van der Waals surface area contributed by atoms with E-state index in [0.717, 1.165) is 5.56 Å². The number of nitrogens with zero attached hydrogens (tertiary/aromatic N) is 1. The maximum Gasteiger partial charge on any atom is 0.371 e. The molecule has 0 saturated carbocycles. The average Bonchev–Trinajstić information content (AvgIpc) is 2.87. The molecule has 0 amide bonds. The van der Waals surface area contributed by atoms with Crippen LogP contribution in [0.4, 0.5) is 5.69 Å². The molecule has 0 aliphatic rings. The zero-order chi connectivity index (χ0) is 14.7. The standard InChI is InChI=1S/C13H11NO6/c1-2-8-3-4-10(9(7-8)14(17)18)19-12-6-5-11(20-12)13(15)16/h3-7H,2H2,1H3,(H,15,16). The highest BCUT2D eigenvalue weighted by Gasteiger charge is 2.18. The molecule has 7 heteroatoms. The first kappa shape index (κ1) is 13.6. The number of rotatable bonds is 5. The topological polar surface area (TPSA) is 103 Å². The van der Waals surface area contributed by atoms with Crippen LogP contribution in [0.2, 0.25) is 0 Å². The van der Waals surface area contributed by atoms with Crippen molar-refractivity contribution in [2.45, 2.75) is 13.3 Å². The van der Waals surface area contributed by atoms with Gasteiger partial charge < -0.3 is 14.3 Å². The predicted molar refractivity (Wildman–Crippen MR) is 68.2 cm³/mol. The summed E-state index contributed by atoms with van der Waals surface area (Å²) >= 11 is 0. The molecule has 104 valence electrons. The molecule has 0 fully saturated rings. The molecule has 0 saturated heterocycles. The lowest BCUT2D eigenvalue weighted by Crippen LogP contribution is -1.95. The van der Waals surface area contributed by atoms with Crippen molar-refractivity contribution in [2.75, 3.05) is 0 Å². The number of furan rings is 1. The maximum absolute atomic E-state index is 11.0. The van der Waals surface area contributed by atoms with Gasteiger partial charge in [-0.1, -0.05) is 13.0 Å². The zero-order valence-electron chi connectivity index (χ0n) is 10.5. The molecule has 0 spiro atoms. The normalized spacial score (nSPS) is 10.2. The predicted octanol–water partition coefficient (Wildman–Crippen LogP) is 3.24. The van der Waals surface area contributed by atoms with Gasteiger partial charge in [0.25, 0.3) is 5.95 Å². The molecule has 1 N–H and O–H groups in total. The summed E-state index contributed by atoms with van der Waals surface area (Å²) in [5.74, 6) is -1.66. The molecular formula is C13H11NO6. The number of carbonyl (C=O) groups is 1. The van der Waals surface area contributed by atoms with Gasteiger partial charge in [-0.05, 0) is 24.1 Å². The molecule has 0 aliphatic carbocycles. The second-order valence-electron chi connectivity index (χ2n) is 3.94. The van der Waals surface area contributed by atoms with Crippen molar-refractivity contribution in [2.24, 2.45) is 0 Å². The van der Waals surface area contributed by atoms with Crippen LogP contribution in [0.3, 0.4) is 0 Å². The lowest BCUT2D eigenvalue weighted by molar-refractivity contribution is -0.385. The minimum Gasteiger partial charge on any atom is -0.475 e. The molecule has 0 radical (unpaired) electrons. The largest absolute Gasteiger partial charge is 0.475 e. The molecule has 0 atom stereocenters. The van der Waals surface area contributed by atoms with Crippen molar-refractivity contribution in [3.8, 4) is 11.7 Å². The summed E-state index contributed by atoms with van der Waals surface area (Å²) < 4.78 is 10.1. The zero-order valence-corrected chi connectivity index (χ0v) is 10.5. The van der Waals surface area contributed by atoms with Crippen LogP contribution in [0.25, 0.3) is 0 Å². The van der Waals surface area contributed by atoms with Crippen LogP contribution < -0.4 is 4.74 Å². The lowest BCUT2D eigenvalue weighted by atomic mass is 10.1. The number of hydrogen-bond acceptors (Lipinski definition) is 5. The van der Waals surface area contributed by atoms with Crippen LogP contribution in [-0.4, -0.2) is 16.0 Å². The molecule has 2 aromatic rings. The first-order valence-corrected chi connectivity index (χ1v) is 5.79. The van der Waals surface area contributed by atoms with Crippen LogP contribution in [-0.2, 0) is 6.42 Å². The fourth-order valence-corrected chi connectivity index (χ4v) is 1.61. The third-order valence-corrected chi connectivity index (χ3v) is 2.63. The highest BCUT2D eigenvalue weighted by atomic mass is 16.6. The summed E-state index contributed by atoms with van der Waals surface area (Å²) in [5.41, 5.74) is 0.604. The van der Waals surface area contributed by atoms with Gasteiger partial charge >= 0.3 is 11.7 Å². The Morgan fingerprint density at radius 1 is 1.40 bits per heavy atom. The van der Waals surface area contributed by atoms with Gasteiger partial charge in [0.2, 0.25) is 11.5 Å². The van der Waals surface area contributed by atoms with E-state index in [1.807, 2.05) is 6.92 Å². The summed E-state index contributed by atoms with van der Waals surface area (Å²) in [7, 11) is 0. The number of hydrogen-bond donors (Lipinski definition) is 1. The van der Waals surface area contributed by atoms with Crippen LogP contribution in [0, 0.1) is 10.1 Å². The van der Waals surface area contributed by atoms with Gasteiger partial charge in [-0.3, -0.25) is 10.1 Å². The monoisotopic (exact) mass is 277 g/mol. The third-order valence-electron chi connectivity index (χ3n) is 2.63. The van der Waals surface area contributed by atoms with E-state index in [4.69, 9.17) is 14.3 Å². The Morgan fingerprint density at radius 2 is 2.15 bits per heavy atom. The number of aromatic carboxylic acids is 1. The van der Waals surface area contributed by atoms with E-state index in [1.54, 1.807) is 6.07 Å². The molecule has 0 unspecified atom stereocenters. The van der Waals surface area contributed by atoms with E-state index >= 15 is 0 Å². The Hall–Kier alpha value is -2.83. The first-order valence-electron chi connectivity index (χ1n) is 5.79. The van der Waals surface area contributed by atoms with Crippen molar-refractivity contribution in [1.29, 1.82) is 0 Å². The van der Waals surface area contributed by atoms with Gasteiger partial charge in [-0.2, -0.15) is 0 Å². The highest BCUT2D eigenvalue weighted by molar-refractivity contribution is 5.84. The molecule has 1 aromatic carbocycles. The Balaban J connectivity index is 2.32. The maximum atomic E-state index is 11.0. The van der Waals surface area contributed by atoms with Crippen LogP contribution in [0.5, 0.6) is 11.7 Å². The minimum absolute atomic E-state index is 0.00140. The lowest BCUT2D eigenvalue weighted by Gasteiger charge is -2.04. The summed E-state index contributed by atoms with van der Waals surface area (Å²) in [5, 5.41) is 19.7. The number of carboxylic acids is 1. The van der Waals surface area contributed by atoms with Gasteiger partial charge in [0, 0.05) is 12.1 Å². The summed E-state index contributed by atoms with van der Waals surface area (Å²) in [6.45, 7) is 1.88. The van der Waals surface area contributed by atoms with Crippen molar-refractivity contribution in [3.05, 3.63) is 51.8 Å². The molecule has 0 bridgehead atoms. The number of carboxylic acid groups (broad SMARTS) is 1. The Bertz CT molecular complexity index is 661. The summed E-state index contributed by atoms with van der Waals surface area (Å²) in [6.07, 6.45) is 0.658. The Morgan fingerprint density at radius 3 is 2.70 bits per heavy atom. The minimum atomic E-state index is -1.24. The fourth-order valence-electron chi connectivity index (χ4n) is 1.61. The van der Waals surface area contributed by atoms with Crippen LogP contribution in [0.15, 0.2) is 34.7 Å². The van der Waals surface area contributed by atoms with E-state index in [2.05, 4.69) is 0 Å². The second-order valence-corrected chi connectivity index (χ2v) is 3.94. The smallest absolute Gasteiger partial charge is 0.371 e. The van der Waals surface area contributed by atoms with Crippen molar-refractivity contribution < 1.29 is 24.0 Å². The SMILES string of the molecule is CCc1ccc(Oc2ccc(C(=O)O)o2)c([N+](=O)[O-])c1. The van der Waals surface area contributed by atoms with Gasteiger partial charge in [0.05, 0.1) is 4.92 Å². The quantitative estimate of drug-likeness (QED) is 0.664. The molecule has 2 rings (SSSR count). The molecule has 1 heterocycles.